The number of anilines is 3. The predicted octanol–water partition coefficient (Wildman–Crippen LogP) is 5.27. The number of carbonyl (C=O) groups excluding carboxylic acids is 1. The smallest absolute Gasteiger partial charge is 0.257 e. The molecule has 0 spiro atoms. The number of hydrogen-bond acceptors (Lipinski definition) is 7. The van der Waals surface area contributed by atoms with Crippen LogP contribution in [0, 0.1) is 6.92 Å². The van der Waals surface area contributed by atoms with Gasteiger partial charge in [0.15, 0.2) is 0 Å². The zero-order valence-corrected chi connectivity index (χ0v) is 23.2. The normalized spacial score (nSPS) is 12.1. The second-order valence-electron chi connectivity index (χ2n) is 9.61. The molecule has 1 amide bonds. The van der Waals surface area contributed by atoms with Gasteiger partial charge in [0.25, 0.3) is 5.91 Å². The van der Waals surface area contributed by atoms with Crippen molar-refractivity contribution in [2.45, 2.75) is 19.8 Å². The predicted molar refractivity (Wildman–Crippen MR) is 153 cm³/mol. The summed E-state index contributed by atoms with van der Waals surface area (Å²) >= 11 is 6.33. The van der Waals surface area contributed by atoms with Gasteiger partial charge in [-0.3, -0.25) is 4.79 Å². The number of hydrogen-bond donors (Lipinski definition) is 2. The molecule has 2 aromatic carbocycles. The number of aromatic nitrogens is 3. The highest BCUT2D eigenvalue weighted by molar-refractivity contribution is 6.34. The van der Waals surface area contributed by atoms with E-state index in [4.69, 9.17) is 26.1 Å². The van der Waals surface area contributed by atoms with E-state index in [-0.39, 0.29) is 5.91 Å². The van der Waals surface area contributed by atoms with Gasteiger partial charge in [-0.1, -0.05) is 23.7 Å². The van der Waals surface area contributed by atoms with Crippen molar-refractivity contribution in [2.75, 3.05) is 45.0 Å². The molecule has 4 aromatic rings. The summed E-state index contributed by atoms with van der Waals surface area (Å²) in [4.78, 5) is 24.6. The van der Waals surface area contributed by atoms with Crippen molar-refractivity contribution >= 4 is 34.8 Å². The second-order valence-corrected chi connectivity index (χ2v) is 10.0. The molecule has 1 aliphatic rings. The fraction of sp³-hybridized carbons (Fsp3) is 0.276. The van der Waals surface area contributed by atoms with E-state index in [0.717, 1.165) is 47.0 Å². The number of para-hydroxylation sites is 1. The molecule has 2 N–H and O–H groups in total. The topological polar surface area (TPSA) is 93.5 Å². The molecule has 5 rings (SSSR count). The number of benzene rings is 2. The summed E-state index contributed by atoms with van der Waals surface area (Å²) in [6, 6.07) is 13.0. The Balaban J connectivity index is 1.37. The minimum Gasteiger partial charge on any atom is -0.494 e. The van der Waals surface area contributed by atoms with E-state index in [0.29, 0.717) is 41.0 Å². The van der Waals surface area contributed by atoms with Crippen molar-refractivity contribution in [3.63, 3.8) is 0 Å². The molecule has 10 heteroatoms. The Morgan fingerprint density at radius 3 is 2.79 bits per heavy atom. The molecule has 0 fully saturated rings. The van der Waals surface area contributed by atoms with E-state index in [1.54, 1.807) is 13.2 Å². The first kappa shape index (κ1) is 26.5. The number of carbonyl (C=O) groups is 1. The number of likely N-dealkylation sites (N-methyl/N-ethyl adjacent to an activating group) is 1. The van der Waals surface area contributed by atoms with Crippen LogP contribution in [-0.4, -0.2) is 59.7 Å². The Morgan fingerprint density at radius 1 is 1.18 bits per heavy atom. The molecule has 2 aromatic heterocycles. The lowest BCUT2D eigenvalue weighted by atomic mass is 10.0. The SMILES string of the molecule is COc1cc(OCCN(C)C)ccc1Nc1ncc2c(n1)-n1ccc(C(=O)Nc3c(C)cccc3Cl)c1CC2. The van der Waals surface area contributed by atoms with Crippen molar-refractivity contribution in [2.24, 2.45) is 0 Å². The summed E-state index contributed by atoms with van der Waals surface area (Å²) in [5.41, 5.74) is 4.74. The first-order valence-electron chi connectivity index (χ1n) is 12.7. The average Bonchev–Trinajstić information content (AvgIpc) is 3.36. The van der Waals surface area contributed by atoms with Gasteiger partial charge in [-0.05, 0) is 63.7 Å². The summed E-state index contributed by atoms with van der Waals surface area (Å²) in [7, 11) is 5.62. The van der Waals surface area contributed by atoms with Crippen LogP contribution < -0.4 is 20.1 Å². The highest BCUT2D eigenvalue weighted by Crippen LogP contribution is 2.33. The number of fused-ring (bicyclic) bond motifs is 3. The van der Waals surface area contributed by atoms with E-state index in [9.17, 15) is 4.79 Å². The summed E-state index contributed by atoms with van der Waals surface area (Å²) in [6.07, 6.45) is 5.13. The molecule has 0 bridgehead atoms. The lowest BCUT2D eigenvalue weighted by Crippen LogP contribution is -2.19. The molecule has 0 radical (unpaired) electrons. The van der Waals surface area contributed by atoms with E-state index in [1.165, 1.54) is 0 Å². The third kappa shape index (κ3) is 5.69. The van der Waals surface area contributed by atoms with Gasteiger partial charge in [-0.2, -0.15) is 4.98 Å². The van der Waals surface area contributed by atoms with E-state index >= 15 is 0 Å². The standard InChI is InChI=1S/C29H31ClN6O3/c1-18-6-5-7-22(30)26(18)33-28(37)21-12-13-36-24(21)11-8-19-17-31-29(34-27(19)36)32-23-10-9-20(16-25(23)38-4)39-15-14-35(2)3/h5-7,9-10,12-13,16-17H,8,11,14-15H2,1-4H3,(H,33,37)(H,31,32,34). The van der Waals surface area contributed by atoms with Gasteiger partial charge in [-0.15, -0.1) is 0 Å². The molecule has 0 unspecified atom stereocenters. The Labute approximate surface area is 232 Å². The van der Waals surface area contributed by atoms with Crippen LogP contribution in [-0.2, 0) is 12.8 Å². The summed E-state index contributed by atoms with van der Waals surface area (Å²) < 4.78 is 13.4. The first-order valence-corrected chi connectivity index (χ1v) is 13.1. The zero-order chi connectivity index (χ0) is 27.5. The van der Waals surface area contributed by atoms with Gasteiger partial charge in [0.1, 0.15) is 23.9 Å². The average molecular weight is 547 g/mol. The molecule has 0 atom stereocenters. The molecule has 0 saturated carbocycles. The highest BCUT2D eigenvalue weighted by atomic mass is 35.5. The van der Waals surface area contributed by atoms with Crippen LogP contribution >= 0.6 is 11.6 Å². The van der Waals surface area contributed by atoms with E-state index in [2.05, 4.69) is 20.5 Å². The second kappa shape index (κ2) is 11.3. The van der Waals surface area contributed by atoms with Crippen LogP contribution in [0.25, 0.3) is 5.82 Å². The quantitative estimate of drug-likeness (QED) is 0.295. The lowest BCUT2D eigenvalue weighted by molar-refractivity contribution is 0.102. The zero-order valence-electron chi connectivity index (χ0n) is 22.4. The number of nitrogens with one attached hydrogen (secondary N) is 2. The van der Waals surface area contributed by atoms with Crippen molar-refractivity contribution in [1.29, 1.82) is 0 Å². The molecule has 3 heterocycles. The van der Waals surface area contributed by atoms with Gasteiger partial charge in [0.05, 0.1) is 29.1 Å². The van der Waals surface area contributed by atoms with E-state index < -0.39 is 0 Å². The maximum Gasteiger partial charge on any atom is 0.257 e. The number of nitrogens with zero attached hydrogens (tertiary/aromatic N) is 4. The number of methoxy groups -OCH3 is 1. The van der Waals surface area contributed by atoms with Gasteiger partial charge in [-0.25, -0.2) is 4.98 Å². The summed E-state index contributed by atoms with van der Waals surface area (Å²) in [6.45, 7) is 3.31. The lowest BCUT2D eigenvalue weighted by Gasteiger charge is -2.20. The fourth-order valence-corrected chi connectivity index (χ4v) is 4.79. The van der Waals surface area contributed by atoms with Crippen LogP contribution in [0.15, 0.2) is 54.9 Å². The van der Waals surface area contributed by atoms with Gasteiger partial charge in [0.2, 0.25) is 5.95 Å². The molecule has 0 aliphatic carbocycles. The van der Waals surface area contributed by atoms with E-state index in [1.807, 2.05) is 74.4 Å². The Hall–Kier alpha value is -4.08. The molecule has 9 nitrogen and oxygen atoms in total. The molecule has 39 heavy (non-hydrogen) atoms. The van der Waals surface area contributed by atoms with Gasteiger partial charge in [0, 0.05) is 36.3 Å². The molecule has 202 valence electrons. The van der Waals surface area contributed by atoms with Crippen molar-refractivity contribution in [1.82, 2.24) is 19.4 Å². The monoisotopic (exact) mass is 546 g/mol. The number of aryl methyl sites for hydroxylation is 2. The van der Waals surface area contributed by atoms with Crippen LogP contribution in [0.1, 0.15) is 27.2 Å². The summed E-state index contributed by atoms with van der Waals surface area (Å²) in [5.74, 6) is 2.31. The van der Waals surface area contributed by atoms with Gasteiger partial charge >= 0.3 is 0 Å². The van der Waals surface area contributed by atoms with Crippen LogP contribution in [0.3, 0.4) is 0 Å². The van der Waals surface area contributed by atoms with Crippen molar-refractivity contribution in [3.8, 4) is 17.3 Å². The van der Waals surface area contributed by atoms with Crippen LogP contribution in [0.2, 0.25) is 5.02 Å². The number of amides is 1. The van der Waals surface area contributed by atoms with Crippen molar-refractivity contribution in [3.05, 3.63) is 82.3 Å². The molecule has 1 aliphatic heterocycles. The largest absolute Gasteiger partial charge is 0.494 e. The summed E-state index contributed by atoms with van der Waals surface area (Å²) in [5, 5.41) is 6.75. The Kier molecular flexibility index (Phi) is 7.72. The van der Waals surface area contributed by atoms with Crippen molar-refractivity contribution < 1.29 is 14.3 Å². The third-order valence-corrected chi connectivity index (χ3v) is 6.94. The number of ether oxygens (including phenoxy) is 2. The minimum atomic E-state index is -0.201. The Morgan fingerprint density at radius 2 is 2.03 bits per heavy atom. The molecular formula is C29H31ClN6O3. The fourth-order valence-electron chi connectivity index (χ4n) is 4.52. The molecule has 0 saturated heterocycles. The Bertz CT molecular complexity index is 1500. The van der Waals surface area contributed by atoms with Crippen LogP contribution in [0.4, 0.5) is 17.3 Å². The van der Waals surface area contributed by atoms with Crippen LogP contribution in [0.5, 0.6) is 11.5 Å². The maximum absolute atomic E-state index is 13.2. The minimum absolute atomic E-state index is 0.201. The number of rotatable bonds is 9. The first-order chi connectivity index (χ1) is 18.8. The maximum atomic E-state index is 13.2. The van der Waals surface area contributed by atoms with Gasteiger partial charge < -0.3 is 29.6 Å². The third-order valence-electron chi connectivity index (χ3n) is 6.62. The number of halogens is 1. The molecular weight excluding hydrogens is 516 g/mol. The highest BCUT2D eigenvalue weighted by Gasteiger charge is 2.24.